The van der Waals surface area contributed by atoms with Gasteiger partial charge in [-0.05, 0) is 26.0 Å². The fourth-order valence-corrected chi connectivity index (χ4v) is 2.50. The minimum Gasteiger partial charge on any atom is -0.478 e. The highest BCUT2D eigenvalue weighted by Crippen LogP contribution is 2.25. The van der Waals surface area contributed by atoms with E-state index >= 15 is 0 Å². The quantitative estimate of drug-likeness (QED) is 0.773. The molecule has 1 N–H and O–H groups in total. The molecule has 0 saturated heterocycles. The van der Waals surface area contributed by atoms with Crippen LogP contribution in [0.1, 0.15) is 21.9 Å². The Morgan fingerprint density at radius 3 is 2.65 bits per heavy atom. The molecule has 1 aromatic carbocycles. The first-order valence-corrected chi connectivity index (χ1v) is 6.21. The first-order valence-electron chi connectivity index (χ1n) is 6.21. The molecular formula is C14H14N4O2. The molecule has 0 amide bonds. The molecule has 3 rings (SSSR count). The Bertz CT molecular complexity index is 829. The predicted molar refractivity (Wildman–Crippen MR) is 74.3 cm³/mol. The molecule has 0 aliphatic heterocycles. The minimum absolute atomic E-state index is 0.214. The number of para-hydroxylation sites is 1. The number of hydrogen-bond acceptors (Lipinski definition) is 3. The van der Waals surface area contributed by atoms with Gasteiger partial charge >= 0.3 is 5.97 Å². The number of fused-ring (bicyclic) bond motifs is 1. The van der Waals surface area contributed by atoms with Crippen LogP contribution in [0.5, 0.6) is 0 Å². The van der Waals surface area contributed by atoms with Crippen LogP contribution < -0.4 is 0 Å². The molecule has 2 heterocycles. The Morgan fingerprint density at radius 2 is 2.05 bits per heavy atom. The van der Waals surface area contributed by atoms with Crippen LogP contribution in [0, 0.1) is 13.8 Å². The topological polar surface area (TPSA) is 72.9 Å². The first-order chi connectivity index (χ1) is 9.49. The fourth-order valence-electron chi connectivity index (χ4n) is 2.50. The molecule has 0 saturated carbocycles. The van der Waals surface area contributed by atoms with Crippen molar-refractivity contribution in [2.45, 2.75) is 13.8 Å². The second-order valence-electron chi connectivity index (χ2n) is 4.75. The number of rotatable bonds is 2. The summed E-state index contributed by atoms with van der Waals surface area (Å²) >= 11 is 0. The summed E-state index contributed by atoms with van der Waals surface area (Å²) in [5.41, 5.74) is 3.27. The standard InChI is InChI=1S/C14H14N4O2/c1-8-12(7-17(3)16-8)18-9(2)15-13-10(14(19)20)5-4-6-11(13)18/h4-7H,1-3H3,(H,19,20). The summed E-state index contributed by atoms with van der Waals surface area (Å²) < 4.78 is 3.67. The van der Waals surface area contributed by atoms with Crippen molar-refractivity contribution < 1.29 is 9.90 Å². The van der Waals surface area contributed by atoms with E-state index in [-0.39, 0.29) is 5.56 Å². The highest BCUT2D eigenvalue weighted by Gasteiger charge is 2.17. The molecule has 6 heteroatoms. The molecule has 2 aromatic heterocycles. The Kier molecular flexibility index (Phi) is 2.60. The third kappa shape index (κ3) is 1.69. The average Bonchev–Trinajstić information content (AvgIpc) is 2.87. The van der Waals surface area contributed by atoms with E-state index in [2.05, 4.69) is 10.1 Å². The number of carbonyl (C=O) groups is 1. The lowest BCUT2D eigenvalue weighted by molar-refractivity contribution is 0.0699. The van der Waals surface area contributed by atoms with E-state index in [0.717, 1.165) is 22.7 Å². The molecule has 0 radical (unpaired) electrons. The third-order valence-corrected chi connectivity index (χ3v) is 3.31. The number of aromatic nitrogens is 4. The first kappa shape index (κ1) is 12.4. The van der Waals surface area contributed by atoms with Crippen molar-refractivity contribution in [2.24, 2.45) is 7.05 Å². The Balaban J connectivity index is 2.37. The molecule has 0 fully saturated rings. The molecule has 0 aliphatic carbocycles. The van der Waals surface area contributed by atoms with E-state index in [1.807, 2.05) is 37.7 Å². The van der Waals surface area contributed by atoms with E-state index in [9.17, 15) is 9.90 Å². The minimum atomic E-state index is -0.969. The van der Waals surface area contributed by atoms with Crippen LogP contribution in [0.15, 0.2) is 24.4 Å². The molecular weight excluding hydrogens is 256 g/mol. The Morgan fingerprint density at radius 1 is 1.30 bits per heavy atom. The van der Waals surface area contributed by atoms with Gasteiger partial charge in [0.15, 0.2) is 0 Å². The van der Waals surface area contributed by atoms with Gasteiger partial charge in [0, 0.05) is 13.2 Å². The van der Waals surface area contributed by atoms with Gasteiger partial charge in [0.2, 0.25) is 0 Å². The lowest BCUT2D eigenvalue weighted by atomic mass is 10.2. The maximum Gasteiger partial charge on any atom is 0.337 e. The Hall–Kier alpha value is -2.63. The van der Waals surface area contributed by atoms with Gasteiger partial charge in [0.05, 0.1) is 22.5 Å². The Labute approximate surface area is 115 Å². The van der Waals surface area contributed by atoms with Crippen LogP contribution in [0.3, 0.4) is 0 Å². The summed E-state index contributed by atoms with van der Waals surface area (Å²) in [5.74, 6) is -0.229. The molecule has 102 valence electrons. The molecule has 0 spiro atoms. The van der Waals surface area contributed by atoms with Gasteiger partial charge in [-0.1, -0.05) is 6.07 Å². The average molecular weight is 270 g/mol. The van der Waals surface area contributed by atoms with Crippen LogP contribution in [0.25, 0.3) is 16.7 Å². The zero-order valence-electron chi connectivity index (χ0n) is 11.5. The van der Waals surface area contributed by atoms with Crippen molar-refractivity contribution in [3.05, 3.63) is 41.5 Å². The van der Waals surface area contributed by atoms with Crippen molar-refractivity contribution in [3.8, 4) is 5.69 Å². The van der Waals surface area contributed by atoms with Crippen molar-refractivity contribution in [1.82, 2.24) is 19.3 Å². The molecule has 3 aromatic rings. The number of carboxylic acids is 1. The second-order valence-corrected chi connectivity index (χ2v) is 4.75. The highest BCUT2D eigenvalue weighted by atomic mass is 16.4. The fraction of sp³-hybridized carbons (Fsp3) is 0.214. The number of benzene rings is 1. The van der Waals surface area contributed by atoms with Gasteiger partial charge in [0.1, 0.15) is 11.3 Å². The zero-order valence-corrected chi connectivity index (χ0v) is 11.5. The second kappa shape index (κ2) is 4.19. The number of imidazole rings is 1. The molecule has 0 atom stereocenters. The van der Waals surface area contributed by atoms with Crippen LogP contribution in [0.2, 0.25) is 0 Å². The van der Waals surface area contributed by atoms with Gasteiger partial charge in [-0.2, -0.15) is 5.10 Å². The van der Waals surface area contributed by atoms with E-state index in [1.54, 1.807) is 16.8 Å². The summed E-state index contributed by atoms with van der Waals surface area (Å²) in [6.45, 7) is 3.78. The summed E-state index contributed by atoms with van der Waals surface area (Å²) in [6.07, 6.45) is 1.90. The van der Waals surface area contributed by atoms with E-state index in [1.165, 1.54) is 0 Å². The summed E-state index contributed by atoms with van der Waals surface area (Å²) in [6, 6.07) is 5.17. The lowest BCUT2D eigenvalue weighted by Crippen LogP contribution is -1.99. The number of hydrogen-bond donors (Lipinski definition) is 1. The maximum absolute atomic E-state index is 11.3. The highest BCUT2D eigenvalue weighted by molar-refractivity contribution is 6.01. The lowest BCUT2D eigenvalue weighted by Gasteiger charge is -2.04. The SMILES string of the molecule is Cc1nn(C)cc1-n1c(C)nc2c(C(=O)O)cccc21. The van der Waals surface area contributed by atoms with E-state index in [4.69, 9.17) is 0 Å². The van der Waals surface area contributed by atoms with Crippen LogP contribution in [-0.4, -0.2) is 30.4 Å². The van der Waals surface area contributed by atoms with Crippen LogP contribution in [0.4, 0.5) is 0 Å². The van der Waals surface area contributed by atoms with Crippen molar-refractivity contribution in [1.29, 1.82) is 0 Å². The maximum atomic E-state index is 11.3. The van der Waals surface area contributed by atoms with Gasteiger partial charge < -0.3 is 5.11 Å². The van der Waals surface area contributed by atoms with Crippen molar-refractivity contribution >= 4 is 17.0 Å². The molecule has 20 heavy (non-hydrogen) atoms. The summed E-state index contributed by atoms with van der Waals surface area (Å²) in [5, 5.41) is 13.6. The number of aromatic carboxylic acids is 1. The van der Waals surface area contributed by atoms with Crippen molar-refractivity contribution in [3.63, 3.8) is 0 Å². The van der Waals surface area contributed by atoms with Gasteiger partial charge in [-0.3, -0.25) is 9.25 Å². The molecule has 0 aliphatic rings. The van der Waals surface area contributed by atoms with E-state index < -0.39 is 5.97 Å². The number of aryl methyl sites for hydroxylation is 3. The molecule has 0 unspecified atom stereocenters. The van der Waals surface area contributed by atoms with Crippen LogP contribution in [-0.2, 0) is 7.05 Å². The summed E-state index contributed by atoms with van der Waals surface area (Å²) in [7, 11) is 1.85. The van der Waals surface area contributed by atoms with Gasteiger partial charge in [0.25, 0.3) is 0 Å². The van der Waals surface area contributed by atoms with Crippen molar-refractivity contribution in [2.75, 3.05) is 0 Å². The normalized spacial score (nSPS) is 11.2. The molecule has 0 bridgehead atoms. The van der Waals surface area contributed by atoms with Gasteiger partial charge in [-0.25, -0.2) is 9.78 Å². The predicted octanol–water partition coefficient (Wildman–Crippen LogP) is 2.07. The summed E-state index contributed by atoms with van der Waals surface area (Å²) in [4.78, 5) is 15.7. The molecule has 6 nitrogen and oxygen atoms in total. The third-order valence-electron chi connectivity index (χ3n) is 3.31. The number of nitrogens with zero attached hydrogens (tertiary/aromatic N) is 4. The zero-order chi connectivity index (χ0) is 14.4. The smallest absolute Gasteiger partial charge is 0.337 e. The number of carboxylic acid groups (broad SMARTS) is 1. The van der Waals surface area contributed by atoms with Crippen LogP contribution >= 0.6 is 0 Å². The van der Waals surface area contributed by atoms with Gasteiger partial charge in [-0.15, -0.1) is 0 Å². The largest absolute Gasteiger partial charge is 0.478 e. The monoisotopic (exact) mass is 270 g/mol. The van der Waals surface area contributed by atoms with E-state index in [0.29, 0.717) is 5.52 Å².